The Morgan fingerprint density at radius 2 is 1.70 bits per heavy atom. The van der Waals surface area contributed by atoms with Crippen molar-refractivity contribution < 1.29 is 4.79 Å². The fraction of sp³-hybridized carbons (Fsp3) is 0.240. The normalized spacial score (nSPS) is 16.7. The molecule has 0 radical (unpaired) electrons. The molecule has 5 heteroatoms. The maximum atomic E-state index is 13.3. The van der Waals surface area contributed by atoms with E-state index in [0.29, 0.717) is 17.1 Å². The number of likely N-dealkylation sites (tertiary alicyclic amines) is 1. The van der Waals surface area contributed by atoms with Gasteiger partial charge in [-0.2, -0.15) is 5.10 Å². The third-order valence-electron chi connectivity index (χ3n) is 5.79. The van der Waals surface area contributed by atoms with E-state index >= 15 is 0 Å². The first-order valence-electron chi connectivity index (χ1n) is 10.5. The smallest absolute Gasteiger partial charge is 0.259 e. The van der Waals surface area contributed by atoms with Gasteiger partial charge in [0.15, 0.2) is 5.65 Å². The molecule has 1 saturated heterocycles. The van der Waals surface area contributed by atoms with Crippen molar-refractivity contribution in [3.8, 4) is 22.5 Å². The summed E-state index contributed by atoms with van der Waals surface area (Å²) in [7, 11) is 0. The van der Waals surface area contributed by atoms with Gasteiger partial charge in [-0.3, -0.25) is 4.79 Å². The molecule has 0 bridgehead atoms. The molecular formula is C25H24N4O. The van der Waals surface area contributed by atoms with Crippen LogP contribution in [0.2, 0.25) is 0 Å². The monoisotopic (exact) mass is 396 g/mol. The minimum Gasteiger partial charge on any atom is -0.338 e. The summed E-state index contributed by atoms with van der Waals surface area (Å²) in [5.41, 5.74) is 4.99. The fourth-order valence-corrected chi connectivity index (χ4v) is 4.23. The Kier molecular flexibility index (Phi) is 4.79. The highest BCUT2D eigenvalue weighted by Crippen LogP contribution is 2.28. The van der Waals surface area contributed by atoms with E-state index in [9.17, 15) is 4.79 Å². The zero-order chi connectivity index (χ0) is 20.5. The maximum Gasteiger partial charge on any atom is 0.259 e. The molecule has 1 fully saturated rings. The predicted molar refractivity (Wildman–Crippen MR) is 118 cm³/mol. The summed E-state index contributed by atoms with van der Waals surface area (Å²) in [4.78, 5) is 20.2. The van der Waals surface area contributed by atoms with Crippen LogP contribution < -0.4 is 0 Å². The van der Waals surface area contributed by atoms with E-state index < -0.39 is 0 Å². The molecule has 4 aromatic rings. The molecule has 1 aliphatic rings. The molecule has 5 nitrogen and oxygen atoms in total. The second-order valence-electron chi connectivity index (χ2n) is 8.05. The molecule has 1 atom stereocenters. The number of aromatic nitrogens is 3. The van der Waals surface area contributed by atoms with Gasteiger partial charge in [-0.25, -0.2) is 9.50 Å². The van der Waals surface area contributed by atoms with Crippen LogP contribution in [0.15, 0.2) is 72.9 Å². The van der Waals surface area contributed by atoms with Gasteiger partial charge in [0.25, 0.3) is 5.91 Å². The highest BCUT2D eigenvalue weighted by atomic mass is 16.2. The summed E-state index contributed by atoms with van der Waals surface area (Å²) in [6.45, 7) is 3.79. The largest absolute Gasteiger partial charge is 0.338 e. The number of carbonyl (C=O) groups is 1. The molecule has 0 aliphatic carbocycles. The van der Waals surface area contributed by atoms with Crippen LogP contribution in [0.25, 0.3) is 28.2 Å². The first-order valence-corrected chi connectivity index (χ1v) is 10.5. The molecule has 2 aromatic heterocycles. The standard InChI is InChI=1S/C25H24N4O/c1-18-9-8-14-28(17-18)25(30)21-16-26-29-23(20-12-6-3-7-13-20)15-22(27-24(21)29)19-10-4-2-5-11-19/h2-7,10-13,15-16,18H,8-9,14,17H2,1H3/t18-/m0/s1. The van der Waals surface area contributed by atoms with Crippen molar-refractivity contribution in [1.29, 1.82) is 0 Å². The van der Waals surface area contributed by atoms with E-state index in [1.54, 1.807) is 10.7 Å². The van der Waals surface area contributed by atoms with Gasteiger partial charge in [-0.1, -0.05) is 67.6 Å². The number of piperidine rings is 1. The summed E-state index contributed by atoms with van der Waals surface area (Å²) in [6, 6.07) is 22.2. The third-order valence-corrected chi connectivity index (χ3v) is 5.79. The number of amides is 1. The molecular weight excluding hydrogens is 372 g/mol. The van der Waals surface area contributed by atoms with Crippen molar-refractivity contribution >= 4 is 11.6 Å². The molecule has 2 aromatic carbocycles. The number of carbonyl (C=O) groups excluding carboxylic acids is 1. The Morgan fingerprint density at radius 3 is 2.40 bits per heavy atom. The maximum absolute atomic E-state index is 13.3. The fourth-order valence-electron chi connectivity index (χ4n) is 4.23. The van der Waals surface area contributed by atoms with Gasteiger partial charge in [0.1, 0.15) is 5.56 Å². The molecule has 0 N–H and O–H groups in total. The summed E-state index contributed by atoms with van der Waals surface area (Å²) in [5.74, 6) is 0.547. The van der Waals surface area contributed by atoms with Crippen LogP contribution in [0, 0.1) is 5.92 Å². The average Bonchev–Trinajstić information content (AvgIpc) is 3.23. The molecule has 5 rings (SSSR count). The highest BCUT2D eigenvalue weighted by molar-refractivity contribution is 6.00. The summed E-state index contributed by atoms with van der Waals surface area (Å²) < 4.78 is 1.79. The number of hydrogen-bond donors (Lipinski definition) is 0. The number of nitrogens with zero attached hydrogens (tertiary/aromatic N) is 4. The molecule has 150 valence electrons. The summed E-state index contributed by atoms with van der Waals surface area (Å²) in [6.07, 6.45) is 3.89. The van der Waals surface area contributed by atoms with Gasteiger partial charge in [-0.05, 0) is 24.8 Å². The van der Waals surface area contributed by atoms with Crippen molar-refractivity contribution in [2.24, 2.45) is 5.92 Å². The van der Waals surface area contributed by atoms with Crippen molar-refractivity contribution in [1.82, 2.24) is 19.5 Å². The van der Waals surface area contributed by atoms with Crippen LogP contribution in [-0.2, 0) is 0 Å². The Balaban J connectivity index is 1.68. The van der Waals surface area contributed by atoms with E-state index in [1.807, 2.05) is 59.5 Å². The first-order chi connectivity index (χ1) is 14.7. The van der Waals surface area contributed by atoms with E-state index in [2.05, 4.69) is 24.2 Å². The van der Waals surface area contributed by atoms with Gasteiger partial charge in [0.2, 0.25) is 0 Å². The zero-order valence-corrected chi connectivity index (χ0v) is 17.0. The van der Waals surface area contributed by atoms with Crippen LogP contribution in [0.5, 0.6) is 0 Å². The minimum atomic E-state index is 0.0215. The van der Waals surface area contributed by atoms with E-state index in [1.165, 1.54) is 6.42 Å². The van der Waals surface area contributed by atoms with E-state index in [4.69, 9.17) is 4.98 Å². The van der Waals surface area contributed by atoms with Gasteiger partial charge in [0.05, 0.1) is 17.6 Å². The van der Waals surface area contributed by atoms with Gasteiger partial charge >= 0.3 is 0 Å². The number of hydrogen-bond acceptors (Lipinski definition) is 3. The Labute approximate surface area is 176 Å². The highest BCUT2D eigenvalue weighted by Gasteiger charge is 2.26. The van der Waals surface area contributed by atoms with Gasteiger partial charge in [0, 0.05) is 24.2 Å². The Hall–Kier alpha value is -3.47. The van der Waals surface area contributed by atoms with Gasteiger partial charge in [-0.15, -0.1) is 0 Å². The molecule has 0 spiro atoms. The quantitative estimate of drug-likeness (QED) is 0.493. The van der Waals surface area contributed by atoms with Crippen molar-refractivity contribution in [3.05, 3.63) is 78.5 Å². The first kappa shape index (κ1) is 18.6. The summed E-state index contributed by atoms with van der Waals surface area (Å²) in [5, 5.41) is 4.57. The average molecular weight is 396 g/mol. The lowest BCUT2D eigenvalue weighted by Crippen LogP contribution is -2.39. The Bertz CT molecular complexity index is 1180. The van der Waals surface area contributed by atoms with E-state index in [0.717, 1.165) is 42.0 Å². The second kappa shape index (κ2) is 7.75. The van der Waals surface area contributed by atoms with Crippen LogP contribution in [0.4, 0.5) is 0 Å². The van der Waals surface area contributed by atoms with Crippen LogP contribution in [-0.4, -0.2) is 38.5 Å². The third kappa shape index (κ3) is 3.36. The molecule has 0 saturated carbocycles. The Morgan fingerprint density at radius 1 is 1.00 bits per heavy atom. The molecule has 30 heavy (non-hydrogen) atoms. The van der Waals surface area contributed by atoms with Crippen molar-refractivity contribution in [3.63, 3.8) is 0 Å². The lowest BCUT2D eigenvalue weighted by atomic mass is 10.00. The SMILES string of the molecule is C[C@H]1CCCN(C(=O)c2cnn3c(-c4ccccc4)cc(-c4ccccc4)nc23)C1. The summed E-state index contributed by atoms with van der Waals surface area (Å²) >= 11 is 0. The lowest BCUT2D eigenvalue weighted by molar-refractivity contribution is 0.0685. The lowest BCUT2D eigenvalue weighted by Gasteiger charge is -2.30. The van der Waals surface area contributed by atoms with Crippen LogP contribution in [0.3, 0.4) is 0 Å². The molecule has 3 heterocycles. The molecule has 1 amide bonds. The van der Waals surface area contributed by atoms with E-state index in [-0.39, 0.29) is 5.91 Å². The number of rotatable bonds is 3. The minimum absolute atomic E-state index is 0.0215. The zero-order valence-electron chi connectivity index (χ0n) is 17.0. The second-order valence-corrected chi connectivity index (χ2v) is 8.05. The number of benzene rings is 2. The number of fused-ring (bicyclic) bond motifs is 1. The topological polar surface area (TPSA) is 50.5 Å². The molecule has 0 unspecified atom stereocenters. The molecule has 1 aliphatic heterocycles. The van der Waals surface area contributed by atoms with Crippen LogP contribution >= 0.6 is 0 Å². The van der Waals surface area contributed by atoms with Gasteiger partial charge < -0.3 is 4.90 Å². The predicted octanol–water partition coefficient (Wildman–Crippen LogP) is 4.94. The van der Waals surface area contributed by atoms with Crippen molar-refractivity contribution in [2.45, 2.75) is 19.8 Å². The van der Waals surface area contributed by atoms with Crippen molar-refractivity contribution in [2.75, 3.05) is 13.1 Å². The van der Waals surface area contributed by atoms with Crippen LogP contribution in [0.1, 0.15) is 30.1 Å².